The molecule has 0 atom stereocenters. The van der Waals surface area contributed by atoms with Gasteiger partial charge >= 0.3 is 0 Å². The molecule has 0 aliphatic heterocycles. The Morgan fingerprint density at radius 2 is 1.90 bits per heavy atom. The first-order valence-electron chi connectivity index (χ1n) is 7.64. The fourth-order valence-corrected chi connectivity index (χ4v) is 2.83. The highest BCUT2D eigenvalue weighted by molar-refractivity contribution is 5.81. The molecule has 1 amide bonds. The molecule has 1 aromatic carbocycles. The summed E-state index contributed by atoms with van der Waals surface area (Å²) in [6, 6.07) is 6.67. The standard InChI is InChI=1S/C17H26N2O/c1-13-9-10-15(11-14(13)2)18-12-17(20)19(3)16-7-5-4-6-8-16/h9-11,16,18H,4-8,12H2,1-3H3. The molecule has 0 saturated heterocycles. The van der Waals surface area contributed by atoms with Gasteiger partial charge in [-0.15, -0.1) is 0 Å². The van der Waals surface area contributed by atoms with Gasteiger partial charge in [0.05, 0.1) is 6.54 Å². The summed E-state index contributed by atoms with van der Waals surface area (Å²) >= 11 is 0. The van der Waals surface area contributed by atoms with Gasteiger partial charge in [-0.05, 0) is 49.9 Å². The Labute approximate surface area is 122 Å². The molecule has 0 heterocycles. The van der Waals surface area contributed by atoms with Gasteiger partial charge in [0.25, 0.3) is 0 Å². The van der Waals surface area contributed by atoms with Crippen LogP contribution >= 0.6 is 0 Å². The molecule has 1 aliphatic rings. The second-order valence-electron chi connectivity index (χ2n) is 5.95. The molecular weight excluding hydrogens is 248 g/mol. The molecular formula is C17H26N2O. The number of nitrogens with zero attached hydrogens (tertiary/aromatic N) is 1. The number of likely N-dealkylation sites (N-methyl/N-ethyl adjacent to an activating group) is 1. The topological polar surface area (TPSA) is 32.3 Å². The summed E-state index contributed by atoms with van der Waals surface area (Å²) in [7, 11) is 1.94. The van der Waals surface area contributed by atoms with E-state index in [1.807, 2.05) is 18.0 Å². The molecule has 3 heteroatoms. The van der Waals surface area contributed by atoms with Crippen molar-refractivity contribution < 1.29 is 4.79 Å². The minimum absolute atomic E-state index is 0.190. The molecule has 0 radical (unpaired) electrons. The van der Waals surface area contributed by atoms with Crippen LogP contribution < -0.4 is 5.32 Å². The third-order valence-electron chi connectivity index (χ3n) is 4.47. The molecule has 110 valence electrons. The molecule has 0 aromatic heterocycles. The quantitative estimate of drug-likeness (QED) is 0.911. The Kier molecular flexibility index (Phi) is 5.05. The normalized spacial score (nSPS) is 15.9. The summed E-state index contributed by atoms with van der Waals surface area (Å²) < 4.78 is 0. The summed E-state index contributed by atoms with van der Waals surface area (Å²) in [5.74, 6) is 0.190. The van der Waals surface area contributed by atoms with E-state index in [1.165, 1.54) is 30.4 Å². The monoisotopic (exact) mass is 274 g/mol. The molecule has 1 saturated carbocycles. The Morgan fingerprint density at radius 3 is 2.55 bits per heavy atom. The summed E-state index contributed by atoms with van der Waals surface area (Å²) in [4.78, 5) is 14.2. The zero-order chi connectivity index (χ0) is 14.5. The zero-order valence-corrected chi connectivity index (χ0v) is 12.9. The maximum Gasteiger partial charge on any atom is 0.241 e. The number of nitrogens with one attached hydrogen (secondary N) is 1. The maximum atomic E-state index is 12.2. The summed E-state index contributed by atoms with van der Waals surface area (Å²) in [5.41, 5.74) is 3.56. The summed E-state index contributed by atoms with van der Waals surface area (Å²) in [6.07, 6.45) is 6.15. The van der Waals surface area contributed by atoms with Crippen molar-refractivity contribution in [3.05, 3.63) is 29.3 Å². The van der Waals surface area contributed by atoms with E-state index in [-0.39, 0.29) is 5.91 Å². The lowest BCUT2D eigenvalue weighted by atomic mass is 9.94. The number of rotatable bonds is 4. The van der Waals surface area contributed by atoms with E-state index in [2.05, 4.69) is 31.3 Å². The van der Waals surface area contributed by atoms with Crippen molar-refractivity contribution in [2.75, 3.05) is 18.9 Å². The molecule has 2 rings (SSSR count). The predicted octanol–water partition coefficient (Wildman–Crippen LogP) is 3.51. The van der Waals surface area contributed by atoms with E-state index >= 15 is 0 Å². The SMILES string of the molecule is Cc1ccc(NCC(=O)N(C)C2CCCCC2)cc1C. The van der Waals surface area contributed by atoms with Gasteiger partial charge in [-0.2, -0.15) is 0 Å². The third kappa shape index (κ3) is 3.75. The average Bonchev–Trinajstić information content (AvgIpc) is 2.48. The molecule has 0 spiro atoms. The number of carbonyl (C=O) groups excluding carboxylic acids is 1. The number of amides is 1. The molecule has 1 N–H and O–H groups in total. The number of hydrogen-bond acceptors (Lipinski definition) is 2. The van der Waals surface area contributed by atoms with Crippen LogP contribution in [0.4, 0.5) is 5.69 Å². The molecule has 0 unspecified atom stereocenters. The first-order chi connectivity index (χ1) is 9.58. The molecule has 20 heavy (non-hydrogen) atoms. The van der Waals surface area contributed by atoms with Crippen LogP contribution in [0.1, 0.15) is 43.2 Å². The first kappa shape index (κ1) is 14.9. The summed E-state index contributed by atoms with van der Waals surface area (Å²) in [6.45, 7) is 4.58. The first-order valence-corrected chi connectivity index (χ1v) is 7.64. The summed E-state index contributed by atoms with van der Waals surface area (Å²) in [5, 5.41) is 3.24. The number of hydrogen-bond donors (Lipinski definition) is 1. The van der Waals surface area contributed by atoms with Crippen LogP contribution in [-0.2, 0) is 4.79 Å². The number of anilines is 1. The van der Waals surface area contributed by atoms with Crippen molar-refractivity contribution in [3.63, 3.8) is 0 Å². The Bertz CT molecular complexity index is 464. The number of aryl methyl sites for hydroxylation is 2. The highest BCUT2D eigenvalue weighted by Gasteiger charge is 2.21. The van der Waals surface area contributed by atoms with Crippen molar-refractivity contribution in [3.8, 4) is 0 Å². The van der Waals surface area contributed by atoms with Gasteiger partial charge in [0.2, 0.25) is 5.91 Å². The van der Waals surface area contributed by atoms with Gasteiger partial charge in [-0.25, -0.2) is 0 Å². The lowest BCUT2D eigenvalue weighted by Gasteiger charge is -2.31. The van der Waals surface area contributed by atoms with Crippen LogP contribution in [0.3, 0.4) is 0 Å². The van der Waals surface area contributed by atoms with Crippen LogP contribution in [0, 0.1) is 13.8 Å². The average molecular weight is 274 g/mol. The Hall–Kier alpha value is -1.51. The van der Waals surface area contributed by atoms with Crippen LogP contribution in [0.5, 0.6) is 0 Å². The number of benzene rings is 1. The largest absolute Gasteiger partial charge is 0.376 e. The smallest absolute Gasteiger partial charge is 0.241 e. The molecule has 0 bridgehead atoms. The van der Waals surface area contributed by atoms with Crippen LogP contribution in [0.25, 0.3) is 0 Å². The van der Waals surface area contributed by atoms with E-state index in [1.54, 1.807) is 0 Å². The molecule has 1 aliphatic carbocycles. The fraction of sp³-hybridized carbons (Fsp3) is 0.588. The van der Waals surface area contributed by atoms with Crippen LogP contribution in [0.2, 0.25) is 0 Å². The van der Waals surface area contributed by atoms with Crippen LogP contribution in [0.15, 0.2) is 18.2 Å². The van der Waals surface area contributed by atoms with Crippen LogP contribution in [-0.4, -0.2) is 30.4 Å². The van der Waals surface area contributed by atoms with E-state index in [0.717, 1.165) is 18.5 Å². The van der Waals surface area contributed by atoms with Crippen molar-refractivity contribution in [2.24, 2.45) is 0 Å². The van der Waals surface area contributed by atoms with E-state index < -0.39 is 0 Å². The van der Waals surface area contributed by atoms with Gasteiger partial charge in [0.1, 0.15) is 0 Å². The highest BCUT2D eigenvalue weighted by atomic mass is 16.2. The van der Waals surface area contributed by atoms with Crippen molar-refractivity contribution in [1.82, 2.24) is 4.90 Å². The van der Waals surface area contributed by atoms with Gasteiger partial charge in [-0.1, -0.05) is 25.3 Å². The zero-order valence-electron chi connectivity index (χ0n) is 12.9. The van der Waals surface area contributed by atoms with Gasteiger partial charge in [-0.3, -0.25) is 4.79 Å². The lowest BCUT2D eigenvalue weighted by molar-refractivity contribution is -0.130. The van der Waals surface area contributed by atoms with Crippen molar-refractivity contribution in [2.45, 2.75) is 52.0 Å². The lowest BCUT2D eigenvalue weighted by Crippen LogP contribution is -2.41. The second kappa shape index (κ2) is 6.78. The van der Waals surface area contributed by atoms with Crippen molar-refractivity contribution in [1.29, 1.82) is 0 Å². The molecule has 3 nitrogen and oxygen atoms in total. The Balaban J connectivity index is 1.86. The minimum Gasteiger partial charge on any atom is -0.376 e. The Morgan fingerprint density at radius 1 is 1.20 bits per heavy atom. The third-order valence-corrected chi connectivity index (χ3v) is 4.47. The van der Waals surface area contributed by atoms with Gasteiger partial charge < -0.3 is 10.2 Å². The van der Waals surface area contributed by atoms with E-state index in [0.29, 0.717) is 12.6 Å². The van der Waals surface area contributed by atoms with E-state index in [4.69, 9.17) is 0 Å². The predicted molar refractivity (Wildman–Crippen MR) is 84.0 cm³/mol. The maximum absolute atomic E-state index is 12.2. The van der Waals surface area contributed by atoms with Gasteiger partial charge in [0.15, 0.2) is 0 Å². The van der Waals surface area contributed by atoms with Gasteiger partial charge in [0, 0.05) is 18.8 Å². The number of carbonyl (C=O) groups is 1. The van der Waals surface area contributed by atoms with E-state index in [9.17, 15) is 4.79 Å². The molecule has 1 aromatic rings. The fourth-order valence-electron chi connectivity index (χ4n) is 2.83. The second-order valence-corrected chi connectivity index (χ2v) is 5.95. The van der Waals surface area contributed by atoms with Crippen molar-refractivity contribution >= 4 is 11.6 Å². The highest BCUT2D eigenvalue weighted by Crippen LogP contribution is 2.21. The molecule has 1 fully saturated rings. The minimum atomic E-state index is 0.190.